The molecule has 64 heavy (non-hydrogen) atoms. The van der Waals surface area contributed by atoms with Crippen molar-refractivity contribution in [1.29, 1.82) is 0 Å². The van der Waals surface area contributed by atoms with Gasteiger partial charge in [-0.3, -0.25) is 0 Å². The molecule has 2 fully saturated rings. The first-order valence-corrected chi connectivity index (χ1v) is 26.2. The Balaban J connectivity index is 0.000000645. The van der Waals surface area contributed by atoms with E-state index in [9.17, 15) is 0 Å². The van der Waals surface area contributed by atoms with Gasteiger partial charge in [-0.1, -0.05) is 179 Å². The first-order valence-electron chi connectivity index (χ1n) is 26.2. The summed E-state index contributed by atoms with van der Waals surface area (Å²) in [5.41, 5.74) is 9.20. The average molecular weight is 886 g/mol. The summed E-state index contributed by atoms with van der Waals surface area (Å²) in [5, 5.41) is 0. The maximum Gasteiger partial charge on any atom is 0.0272 e. The molecule has 2 rings (SSSR count). The van der Waals surface area contributed by atoms with Gasteiger partial charge in [0.15, 0.2) is 0 Å². The van der Waals surface area contributed by atoms with Gasteiger partial charge >= 0.3 is 0 Å². The number of allylic oxidation sites excluding steroid dienone is 4. The molecule has 372 valence electrons. The zero-order valence-corrected chi connectivity index (χ0v) is 50.0. The van der Waals surface area contributed by atoms with E-state index in [1.807, 2.05) is 6.92 Å². The third kappa shape index (κ3) is 18.6. The predicted molar refractivity (Wildman–Crippen MR) is 291 cm³/mol. The molecule has 0 saturated heterocycles. The first-order chi connectivity index (χ1) is 27.9. The maximum atomic E-state index is 3.70. The van der Waals surface area contributed by atoms with Gasteiger partial charge in [0.2, 0.25) is 0 Å². The molecule has 0 aromatic rings. The second-order valence-corrected chi connectivity index (χ2v) is 31.8. The van der Waals surface area contributed by atoms with Crippen LogP contribution in [0.2, 0.25) is 0 Å². The van der Waals surface area contributed by atoms with E-state index in [0.29, 0.717) is 32.5 Å². The summed E-state index contributed by atoms with van der Waals surface area (Å²) in [6.45, 7) is 76.6. The van der Waals surface area contributed by atoms with E-state index in [-0.39, 0.29) is 32.5 Å². The molecule has 0 radical (unpaired) electrons. The van der Waals surface area contributed by atoms with Crippen LogP contribution in [0.3, 0.4) is 0 Å². The smallest absolute Gasteiger partial charge is 0.0272 e. The summed E-state index contributed by atoms with van der Waals surface area (Å²) in [4.78, 5) is 0. The van der Waals surface area contributed by atoms with E-state index < -0.39 is 0 Å². The van der Waals surface area contributed by atoms with Crippen LogP contribution in [0, 0.1) is 112 Å². The SMILES string of the molecule is CC#CC(C)(C)CC(C)(C)C#CC(C)(C)CC(C)(C)C1CC1C(C)(C)CC(C)(C)C.CC(C)=C(C)C(C)(C)CC(C)(C)C(C)=C(C)C(C)(C)CC(C)(C)C1CC1C(C)(C)CC(C)(C)C. The monoisotopic (exact) mass is 885 g/mol. The van der Waals surface area contributed by atoms with Gasteiger partial charge < -0.3 is 0 Å². The Labute approximate surface area is 405 Å². The van der Waals surface area contributed by atoms with E-state index >= 15 is 0 Å². The molecule has 0 aromatic heterocycles. The van der Waals surface area contributed by atoms with E-state index in [0.717, 1.165) is 36.5 Å². The number of hydrogen-bond donors (Lipinski definition) is 0. The Bertz CT molecular complexity index is 1750. The lowest BCUT2D eigenvalue weighted by atomic mass is 9.62. The summed E-state index contributed by atoms with van der Waals surface area (Å²) in [7, 11) is 0. The quantitative estimate of drug-likeness (QED) is 0.101. The lowest BCUT2D eigenvalue weighted by Gasteiger charge is -2.43. The van der Waals surface area contributed by atoms with E-state index in [1.54, 1.807) is 16.7 Å². The molecule has 0 spiro atoms. The first kappa shape index (κ1) is 60.6. The molecule has 4 unspecified atom stereocenters. The summed E-state index contributed by atoms with van der Waals surface area (Å²) in [6, 6.07) is 0. The van der Waals surface area contributed by atoms with Gasteiger partial charge in [-0.2, -0.15) is 0 Å². The van der Waals surface area contributed by atoms with E-state index in [1.165, 1.54) is 44.1 Å². The van der Waals surface area contributed by atoms with Gasteiger partial charge in [0, 0.05) is 16.2 Å². The second-order valence-electron chi connectivity index (χ2n) is 31.8. The van der Waals surface area contributed by atoms with Crippen LogP contribution in [0.25, 0.3) is 0 Å². The zero-order chi connectivity index (χ0) is 51.1. The molecule has 2 saturated carbocycles. The Morgan fingerprint density at radius 1 is 0.328 bits per heavy atom. The molecule has 2 aliphatic carbocycles. The predicted octanol–water partition coefficient (Wildman–Crippen LogP) is 20.7. The third-order valence-electron chi connectivity index (χ3n) is 16.7. The summed E-state index contributed by atoms with van der Waals surface area (Å²) < 4.78 is 0. The van der Waals surface area contributed by atoms with Crippen molar-refractivity contribution < 1.29 is 0 Å². The largest absolute Gasteiger partial charge is 0.106 e. The normalized spacial score (nSPS) is 21.1. The fourth-order valence-electron chi connectivity index (χ4n) is 14.5. The molecule has 0 nitrogen and oxygen atoms in total. The van der Waals surface area contributed by atoms with Gasteiger partial charge in [0.1, 0.15) is 0 Å². The summed E-state index contributed by atoms with van der Waals surface area (Å²) in [5.74, 6) is 17.2. The molecule has 0 aliphatic heterocycles. The van der Waals surface area contributed by atoms with Gasteiger partial charge in [-0.15, -0.1) is 5.92 Å². The molecule has 0 amide bonds. The third-order valence-corrected chi connectivity index (χ3v) is 16.7. The second kappa shape index (κ2) is 19.9. The molecule has 0 bridgehead atoms. The average Bonchev–Trinajstić information content (AvgIpc) is 3.92. The van der Waals surface area contributed by atoms with Gasteiger partial charge in [0.05, 0.1) is 0 Å². The molecule has 0 heteroatoms. The van der Waals surface area contributed by atoms with Crippen molar-refractivity contribution in [1.82, 2.24) is 0 Å². The topological polar surface area (TPSA) is 0 Å². The van der Waals surface area contributed by atoms with E-state index in [2.05, 4.69) is 238 Å². The van der Waals surface area contributed by atoms with Crippen molar-refractivity contribution in [2.75, 3.05) is 0 Å². The molecule has 0 N–H and O–H groups in total. The van der Waals surface area contributed by atoms with Crippen molar-refractivity contribution >= 4 is 0 Å². The molecular weight excluding hydrogens is 769 g/mol. The number of rotatable bonds is 17. The molecule has 4 atom stereocenters. The molecule has 0 aromatic carbocycles. The van der Waals surface area contributed by atoms with Gasteiger partial charge in [-0.25, -0.2) is 0 Å². The summed E-state index contributed by atoms with van der Waals surface area (Å²) in [6.07, 6.45) is 10.0. The molecule has 2 aliphatic rings. The highest BCUT2D eigenvalue weighted by Crippen LogP contribution is 2.65. The fraction of sp³-hybridized carbons (Fsp3) is 0.875. The van der Waals surface area contributed by atoms with Crippen LogP contribution in [0.4, 0.5) is 0 Å². The maximum absolute atomic E-state index is 3.70. The summed E-state index contributed by atoms with van der Waals surface area (Å²) >= 11 is 0. The van der Waals surface area contributed by atoms with Gasteiger partial charge in [0.25, 0.3) is 0 Å². The van der Waals surface area contributed by atoms with Crippen molar-refractivity contribution in [3.05, 3.63) is 22.3 Å². The van der Waals surface area contributed by atoms with Crippen LogP contribution < -0.4 is 0 Å². The molecular formula is C64H116. The van der Waals surface area contributed by atoms with Crippen LogP contribution >= 0.6 is 0 Å². The minimum atomic E-state index is -0.0222. The van der Waals surface area contributed by atoms with Gasteiger partial charge in [-0.05, 0) is 207 Å². The van der Waals surface area contributed by atoms with Crippen LogP contribution in [0.5, 0.6) is 0 Å². The van der Waals surface area contributed by atoms with Crippen LogP contribution in [-0.4, -0.2) is 0 Å². The highest BCUT2D eigenvalue weighted by atomic mass is 14.6. The van der Waals surface area contributed by atoms with Crippen molar-refractivity contribution in [3.63, 3.8) is 0 Å². The standard InChI is InChI=1S/C34H64.C30H52/c1-23(2)24(3)30(9,10)21-31(11,12)25(4)26(5)32(13,14)22-34(17,18)28-19-27(28)33(15,16)20-29(6,7)8;1-15-16-26(5,6)21-27(7,8)17-18-28(9,10)22-30(13,14)24-19-23(24)29(11,12)20-25(2,3)4/h27-28H,19-22H2,1-18H3;23-24H,19-22H2,1-14H3. The molecule has 0 heterocycles. The Morgan fingerprint density at radius 3 is 0.906 bits per heavy atom. The van der Waals surface area contributed by atoms with Crippen LogP contribution in [-0.2, 0) is 0 Å². The minimum Gasteiger partial charge on any atom is -0.106 e. The lowest BCUT2D eigenvalue weighted by molar-refractivity contribution is 0.129. The highest BCUT2D eigenvalue weighted by molar-refractivity contribution is 5.26. The van der Waals surface area contributed by atoms with Crippen molar-refractivity contribution in [2.45, 2.75) is 273 Å². The van der Waals surface area contributed by atoms with Crippen molar-refractivity contribution in [2.24, 2.45) is 88.7 Å². The zero-order valence-electron chi connectivity index (χ0n) is 50.0. The Kier molecular flexibility index (Phi) is 18.9. The van der Waals surface area contributed by atoms with Crippen LogP contribution in [0.1, 0.15) is 273 Å². The van der Waals surface area contributed by atoms with Crippen molar-refractivity contribution in [3.8, 4) is 23.7 Å². The number of hydrogen-bond acceptors (Lipinski definition) is 0. The fourth-order valence-corrected chi connectivity index (χ4v) is 14.5. The van der Waals surface area contributed by atoms with E-state index in [4.69, 9.17) is 0 Å². The highest BCUT2D eigenvalue weighted by Gasteiger charge is 2.56. The minimum absolute atomic E-state index is 0.0101. The van der Waals surface area contributed by atoms with Crippen LogP contribution in [0.15, 0.2) is 22.3 Å². The Morgan fingerprint density at radius 2 is 0.594 bits per heavy atom. The lowest BCUT2D eigenvalue weighted by Crippen LogP contribution is -2.32. The Hall–Kier alpha value is -1.40.